The van der Waals surface area contributed by atoms with Gasteiger partial charge in [-0.05, 0) is 31.4 Å². The highest BCUT2D eigenvalue weighted by Gasteiger charge is 2.49. The maximum absolute atomic E-state index is 13.0. The van der Waals surface area contributed by atoms with Crippen LogP contribution in [0.2, 0.25) is 0 Å². The number of hydrogen-bond donors (Lipinski definition) is 0. The van der Waals surface area contributed by atoms with Crippen LogP contribution < -0.4 is 0 Å². The minimum atomic E-state index is -0.426. The summed E-state index contributed by atoms with van der Waals surface area (Å²) >= 11 is 0. The van der Waals surface area contributed by atoms with Crippen LogP contribution in [0.4, 0.5) is 0 Å². The van der Waals surface area contributed by atoms with Gasteiger partial charge in [-0.1, -0.05) is 6.07 Å². The summed E-state index contributed by atoms with van der Waals surface area (Å²) in [4.78, 5) is 29.8. The fourth-order valence-corrected chi connectivity index (χ4v) is 4.26. The minimum absolute atomic E-state index is 0.0371. The molecular formula is C19H24N4O3. The predicted octanol–water partition coefficient (Wildman–Crippen LogP) is 1.44. The Bertz CT molecular complexity index is 833. The first-order valence-corrected chi connectivity index (χ1v) is 9.15. The van der Waals surface area contributed by atoms with Crippen molar-refractivity contribution in [2.24, 2.45) is 5.41 Å². The zero-order valence-electron chi connectivity index (χ0n) is 15.1. The van der Waals surface area contributed by atoms with Crippen molar-refractivity contribution in [2.45, 2.75) is 19.3 Å². The number of amides is 2. The largest absolute Gasteiger partial charge is 0.383 e. The van der Waals surface area contributed by atoms with E-state index in [4.69, 9.17) is 4.74 Å². The summed E-state index contributed by atoms with van der Waals surface area (Å²) in [7, 11) is 1.65. The van der Waals surface area contributed by atoms with Gasteiger partial charge in [0.25, 0.3) is 5.91 Å². The van der Waals surface area contributed by atoms with Gasteiger partial charge in [0.1, 0.15) is 0 Å². The van der Waals surface area contributed by atoms with Gasteiger partial charge in [-0.2, -0.15) is 5.10 Å². The number of pyridine rings is 1. The Labute approximate surface area is 152 Å². The number of rotatable bonds is 4. The first kappa shape index (κ1) is 17.0. The average Bonchev–Trinajstić information content (AvgIpc) is 3.28. The smallest absolute Gasteiger partial charge is 0.257 e. The minimum Gasteiger partial charge on any atom is -0.383 e. The maximum atomic E-state index is 13.0. The van der Waals surface area contributed by atoms with Crippen LogP contribution in [-0.4, -0.2) is 71.1 Å². The van der Waals surface area contributed by atoms with Crippen molar-refractivity contribution in [3.05, 3.63) is 36.2 Å². The summed E-state index contributed by atoms with van der Waals surface area (Å²) in [6.45, 7) is 3.07. The van der Waals surface area contributed by atoms with E-state index in [0.717, 1.165) is 31.3 Å². The van der Waals surface area contributed by atoms with E-state index in [1.54, 1.807) is 17.8 Å². The van der Waals surface area contributed by atoms with Crippen molar-refractivity contribution >= 4 is 17.3 Å². The highest BCUT2D eigenvalue weighted by molar-refractivity contribution is 6.01. The second-order valence-electron chi connectivity index (χ2n) is 7.23. The third-order valence-electron chi connectivity index (χ3n) is 5.69. The molecule has 2 fully saturated rings. The Balaban J connectivity index is 1.52. The molecule has 2 aromatic rings. The van der Waals surface area contributed by atoms with Crippen LogP contribution in [-0.2, 0) is 9.53 Å². The molecule has 7 heteroatoms. The van der Waals surface area contributed by atoms with Gasteiger partial charge in [0.05, 0.1) is 29.3 Å². The van der Waals surface area contributed by atoms with Crippen molar-refractivity contribution in [1.29, 1.82) is 0 Å². The fraction of sp³-hybridized carbons (Fsp3) is 0.526. The molecule has 1 spiro atoms. The summed E-state index contributed by atoms with van der Waals surface area (Å²) in [5.74, 6) is 0.140. The molecule has 4 heterocycles. The second kappa shape index (κ2) is 6.72. The van der Waals surface area contributed by atoms with E-state index in [9.17, 15) is 9.59 Å². The van der Waals surface area contributed by atoms with Crippen LogP contribution in [0.5, 0.6) is 0 Å². The molecule has 0 bridgehead atoms. The zero-order chi connectivity index (χ0) is 18.1. The molecule has 0 aliphatic carbocycles. The summed E-state index contributed by atoms with van der Waals surface area (Å²) in [5, 5.41) is 4.26. The standard InChI is InChI=1S/C19H24N4O3/c1-26-12-11-21-8-4-6-19(18(21)25)7-10-22(14-19)17(24)15-13-20-23-9-3-2-5-16(15)23/h2-3,5,9,13H,4,6-8,10-12,14H2,1H3. The summed E-state index contributed by atoms with van der Waals surface area (Å²) in [5.41, 5.74) is 0.974. The fourth-order valence-electron chi connectivity index (χ4n) is 4.26. The van der Waals surface area contributed by atoms with Crippen LogP contribution in [0.15, 0.2) is 30.6 Å². The molecule has 2 amide bonds. The number of nitrogens with zero attached hydrogens (tertiary/aromatic N) is 4. The first-order chi connectivity index (χ1) is 12.6. The van der Waals surface area contributed by atoms with Crippen molar-refractivity contribution < 1.29 is 14.3 Å². The molecule has 2 aliphatic rings. The monoisotopic (exact) mass is 356 g/mol. The van der Waals surface area contributed by atoms with Gasteiger partial charge in [0.15, 0.2) is 0 Å². The van der Waals surface area contributed by atoms with Gasteiger partial charge in [0, 0.05) is 39.5 Å². The van der Waals surface area contributed by atoms with Crippen LogP contribution in [0.3, 0.4) is 0 Å². The Morgan fingerprint density at radius 2 is 2.19 bits per heavy atom. The topological polar surface area (TPSA) is 67.2 Å². The molecular weight excluding hydrogens is 332 g/mol. The highest BCUT2D eigenvalue weighted by atomic mass is 16.5. The lowest BCUT2D eigenvalue weighted by Crippen LogP contribution is -2.51. The van der Waals surface area contributed by atoms with E-state index in [0.29, 0.717) is 31.8 Å². The molecule has 138 valence electrons. The van der Waals surface area contributed by atoms with Crippen molar-refractivity contribution in [3.63, 3.8) is 0 Å². The third kappa shape index (κ3) is 2.76. The lowest BCUT2D eigenvalue weighted by molar-refractivity contribution is -0.146. The number of carbonyl (C=O) groups excluding carboxylic acids is 2. The van der Waals surface area contributed by atoms with E-state index in [-0.39, 0.29) is 11.8 Å². The van der Waals surface area contributed by atoms with Crippen molar-refractivity contribution in [1.82, 2.24) is 19.4 Å². The molecule has 0 N–H and O–H groups in total. The lowest BCUT2D eigenvalue weighted by atomic mass is 9.78. The molecule has 0 radical (unpaired) electrons. The third-order valence-corrected chi connectivity index (χ3v) is 5.69. The van der Waals surface area contributed by atoms with Crippen molar-refractivity contribution in [3.8, 4) is 0 Å². The van der Waals surface area contributed by atoms with Crippen LogP contribution >= 0.6 is 0 Å². The lowest BCUT2D eigenvalue weighted by Gasteiger charge is -2.39. The number of piperidine rings is 1. The van der Waals surface area contributed by atoms with Gasteiger partial charge in [-0.15, -0.1) is 0 Å². The number of ether oxygens (including phenoxy) is 1. The first-order valence-electron chi connectivity index (χ1n) is 9.15. The van der Waals surface area contributed by atoms with E-state index in [2.05, 4.69) is 5.10 Å². The predicted molar refractivity (Wildman–Crippen MR) is 95.8 cm³/mol. The Morgan fingerprint density at radius 3 is 3.04 bits per heavy atom. The van der Waals surface area contributed by atoms with Gasteiger partial charge < -0.3 is 14.5 Å². The second-order valence-corrected chi connectivity index (χ2v) is 7.23. The Morgan fingerprint density at radius 1 is 1.31 bits per heavy atom. The molecule has 2 aromatic heterocycles. The SMILES string of the molecule is COCCN1CCCC2(CCN(C(=O)c3cnn4ccccc34)C2)C1=O. The maximum Gasteiger partial charge on any atom is 0.257 e. The molecule has 1 unspecified atom stereocenters. The summed E-state index contributed by atoms with van der Waals surface area (Å²) in [6, 6.07) is 5.68. The Hall–Kier alpha value is -2.41. The van der Waals surface area contributed by atoms with E-state index < -0.39 is 5.41 Å². The zero-order valence-corrected chi connectivity index (χ0v) is 15.1. The summed E-state index contributed by atoms with van der Waals surface area (Å²) < 4.78 is 6.83. The normalized spacial score (nSPS) is 23.3. The van der Waals surface area contributed by atoms with Gasteiger partial charge >= 0.3 is 0 Å². The number of aromatic nitrogens is 2. The molecule has 1 atom stereocenters. The van der Waals surface area contributed by atoms with Gasteiger partial charge in [-0.3, -0.25) is 9.59 Å². The quantitative estimate of drug-likeness (QED) is 0.831. The van der Waals surface area contributed by atoms with Crippen molar-refractivity contribution in [2.75, 3.05) is 39.9 Å². The molecule has 2 aliphatic heterocycles. The van der Waals surface area contributed by atoms with Crippen LogP contribution in [0.1, 0.15) is 29.6 Å². The van der Waals surface area contributed by atoms with E-state index in [1.807, 2.05) is 34.2 Å². The highest BCUT2D eigenvalue weighted by Crippen LogP contribution is 2.40. The number of fused-ring (bicyclic) bond motifs is 1. The number of carbonyl (C=O) groups is 2. The Kier molecular flexibility index (Phi) is 4.40. The van der Waals surface area contributed by atoms with Crippen LogP contribution in [0.25, 0.3) is 5.52 Å². The number of hydrogen-bond acceptors (Lipinski definition) is 4. The molecule has 0 saturated carbocycles. The molecule has 0 aromatic carbocycles. The number of likely N-dealkylation sites (tertiary alicyclic amines) is 2. The van der Waals surface area contributed by atoms with Gasteiger partial charge in [-0.25, -0.2) is 4.52 Å². The van der Waals surface area contributed by atoms with Crippen LogP contribution in [0, 0.1) is 5.41 Å². The van der Waals surface area contributed by atoms with Gasteiger partial charge in [0.2, 0.25) is 5.91 Å². The average molecular weight is 356 g/mol. The summed E-state index contributed by atoms with van der Waals surface area (Å²) in [6.07, 6.45) is 6.02. The molecule has 7 nitrogen and oxygen atoms in total. The molecule has 26 heavy (non-hydrogen) atoms. The molecule has 4 rings (SSSR count). The number of methoxy groups -OCH3 is 1. The van der Waals surface area contributed by atoms with E-state index in [1.165, 1.54) is 0 Å². The molecule has 2 saturated heterocycles. The van der Waals surface area contributed by atoms with E-state index >= 15 is 0 Å².